The van der Waals surface area contributed by atoms with Crippen LogP contribution in [0, 0.1) is 0 Å². The summed E-state index contributed by atoms with van der Waals surface area (Å²) in [6.07, 6.45) is 22.5. The Morgan fingerprint density at radius 1 is 0.462 bits per heavy atom. The van der Waals surface area contributed by atoms with Crippen molar-refractivity contribution in [1.29, 1.82) is 0 Å². The van der Waals surface area contributed by atoms with E-state index in [0.717, 1.165) is 0 Å². The topological polar surface area (TPSA) is 0 Å². The maximum absolute atomic E-state index is 2.33. The van der Waals surface area contributed by atoms with Crippen molar-refractivity contribution >= 4 is 0 Å². The summed E-state index contributed by atoms with van der Waals surface area (Å²) < 4.78 is 0. The van der Waals surface area contributed by atoms with Gasteiger partial charge in [-0.25, -0.2) is 0 Å². The highest BCUT2D eigenvalue weighted by Crippen LogP contribution is 2.06. The third kappa shape index (κ3) is 6.39. The van der Waals surface area contributed by atoms with Crippen LogP contribution in [0.5, 0.6) is 0 Å². The molecule has 0 radical (unpaired) electrons. The summed E-state index contributed by atoms with van der Waals surface area (Å²) >= 11 is 0. The van der Waals surface area contributed by atoms with E-state index in [4.69, 9.17) is 0 Å². The Bertz CT molecular complexity index is 184. The van der Waals surface area contributed by atoms with Gasteiger partial charge in [-0.1, -0.05) is 42.9 Å². The van der Waals surface area contributed by atoms with Crippen molar-refractivity contribution in [2.75, 3.05) is 0 Å². The van der Waals surface area contributed by atoms with Crippen molar-refractivity contribution in [3.8, 4) is 0 Å². The van der Waals surface area contributed by atoms with E-state index in [1.807, 2.05) is 0 Å². The molecule has 0 atom stereocenters. The van der Waals surface area contributed by atoms with E-state index in [2.05, 4.69) is 36.5 Å². The predicted octanol–water partition coefficient (Wildman–Crippen LogP) is 4.40. The van der Waals surface area contributed by atoms with Crippen LogP contribution >= 0.6 is 0 Å². The highest BCUT2D eigenvalue weighted by atomic mass is 13.9. The zero-order valence-corrected chi connectivity index (χ0v) is 8.41. The second kappa shape index (κ2) is 7.85. The van der Waals surface area contributed by atoms with Crippen LogP contribution < -0.4 is 0 Å². The fourth-order valence-electron chi connectivity index (χ4n) is 1.48. The number of hydrogen-bond donors (Lipinski definition) is 0. The molecule has 0 heterocycles. The van der Waals surface area contributed by atoms with Crippen molar-refractivity contribution in [3.63, 3.8) is 0 Å². The van der Waals surface area contributed by atoms with Crippen molar-refractivity contribution in [3.05, 3.63) is 36.5 Å². The molecule has 0 aromatic heterocycles. The van der Waals surface area contributed by atoms with Gasteiger partial charge in [0.1, 0.15) is 0 Å². The Hall–Kier alpha value is -0.780. The molecule has 0 saturated heterocycles. The Kier molecular flexibility index (Phi) is 6.22. The summed E-state index contributed by atoms with van der Waals surface area (Å²) in [5, 5.41) is 0. The first-order valence-electron chi connectivity index (χ1n) is 5.47. The van der Waals surface area contributed by atoms with E-state index in [1.165, 1.54) is 44.9 Å². The van der Waals surface area contributed by atoms with Gasteiger partial charge in [0.25, 0.3) is 0 Å². The lowest BCUT2D eigenvalue weighted by Gasteiger charge is -1.94. The molecule has 0 N–H and O–H groups in total. The third-order valence-corrected chi connectivity index (χ3v) is 2.29. The van der Waals surface area contributed by atoms with E-state index >= 15 is 0 Å². The maximum Gasteiger partial charge on any atom is -0.0313 e. The normalized spacial score (nSPS) is 27.7. The molecular formula is C13H20. The van der Waals surface area contributed by atoms with Gasteiger partial charge in [-0.15, -0.1) is 0 Å². The fraction of sp³-hybridized carbons (Fsp3) is 0.538. The van der Waals surface area contributed by atoms with Crippen LogP contribution in [0.2, 0.25) is 0 Å². The summed E-state index contributed by atoms with van der Waals surface area (Å²) in [6.45, 7) is 0. The molecule has 0 amide bonds. The van der Waals surface area contributed by atoms with Gasteiger partial charge in [-0.3, -0.25) is 0 Å². The molecule has 0 aromatic rings. The Labute approximate surface area is 82.0 Å². The van der Waals surface area contributed by atoms with Crippen molar-refractivity contribution in [2.24, 2.45) is 0 Å². The minimum Gasteiger partial charge on any atom is -0.0885 e. The smallest absolute Gasteiger partial charge is 0.0313 e. The molecule has 0 fully saturated rings. The minimum atomic E-state index is 1.18. The Balaban J connectivity index is 2.28. The zero-order valence-electron chi connectivity index (χ0n) is 8.41. The average Bonchev–Trinajstić information content (AvgIpc) is 2.18. The molecular weight excluding hydrogens is 156 g/mol. The van der Waals surface area contributed by atoms with E-state index in [0.29, 0.717) is 0 Å². The monoisotopic (exact) mass is 176 g/mol. The van der Waals surface area contributed by atoms with E-state index < -0.39 is 0 Å². The van der Waals surface area contributed by atoms with E-state index in [9.17, 15) is 0 Å². The second-order valence-electron chi connectivity index (χ2n) is 3.54. The van der Waals surface area contributed by atoms with Gasteiger partial charge < -0.3 is 0 Å². The summed E-state index contributed by atoms with van der Waals surface area (Å²) in [5.74, 6) is 0. The lowest BCUT2D eigenvalue weighted by atomic mass is 10.1. The second-order valence-corrected chi connectivity index (χ2v) is 3.54. The molecule has 13 heavy (non-hydrogen) atoms. The maximum atomic E-state index is 2.33. The van der Waals surface area contributed by atoms with Crippen LogP contribution in [-0.4, -0.2) is 0 Å². The van der Waals surface area contributed by atoms with Gasteiger partial charge in [0.15, 0.2) is 0 Å². The largest absolute Gasteiger partial charge is 0.0885 e. The number of hydrogen-bond acceptors (Lipinski definition) is 0. The van der Waals surface area contributed by atoms with Crippen LogP contribution in [-0.2, 0) is 0 Å². The summed E-state index contributed by atoms with van der Waals surface area (Å²) in [4.78, 5) is 0. The van der Waals surface area contributed by atoms with Crippen LogP contribution in [0.15, 0.2) is 36.5 Å². The Morgan fingerprint density at radius 3 is 1.85 bits per heavy atom. The molecule has 0 aliphatic heterocycles. The van der Waals surface area contributed by atoms with E-state index in [1.54, 1.807) is 0 Å². The molecule has 1 aliphatic rings. The van der Waals surface area contributed by atoms with Crippen molar-refractivity contribution in [2.45, 2.75) is 44.9 Å². The van der Waals surface area contributed by atoms with Gasteiger partial charge in [-0.05, 0) is 38.5 Å². The molecule has 0 aromatic carbocycles. The van der Waals surface area contributed by atoms with Crippen LogP contribution in [0.3, 0.4) is 0 Å². The summed E-state index contributed by atoms with van der Waals surface area (Å²) in [6, 6.07) is 0. The lowest BCUT2D eigenvalue weighted by molar-refractivity contribution is 0.695. The highest BCUT2D eigenvalue weighted by Gasteiger charge is 1.86. The van der Waals surface area contributed by atoms with Gasteiger partial charge in [0.2, 0.25) is 0 Å². The molecule has 0 nitrogen and oxygen atoms in total. The van der Waals surface area contributed by atoms with E-state index in [-0.39, 0.29) is 0 Å². The molecule has 72 valence electrons. The minimum absolute atomic E-state index is 1.18. The van der Waals surface area contributed by atoms with Gasteiger partial charge >= 0.3 is 0 Å². The first kappa shape index (κ1) is 10.3. The first-order chi connectivity index (χ1) is 6.50. The SMILES string of the molecule is C1=C\CCCCC/C=C\CC/C=C/1. The molecule has 0 spiro atoms. The van der Waals surface area contributed by atoms with Crippen molar-refractivity contribution in [1.82, 2.24) is 0 Å². The molecule has 1 rings (SSSR count). The highest BCUT2D eigenvalue weighted by molar-refractivity contribution is 5.03. The van der Waals surface area contributed by atoms with Gasteiger partial charge in [0, 0.05) is 0 Å². The zero-order chi connectivity index (χ0) is 9.19. The third-order valence-electron chi connectivity index (χ3n) is 2.29. The number of allylic oxidation sites excluding steroid dienone is 6. The van der Waals surface area contributed by atoms with Crippen LogP contribution in [0.4, 0.5) is 0 Å². The fourth-order valence-corrected chi connectivity index (χ4v) is 1.48. The summed E-state index contributed by atoms with van der Waals surface area (Å²) in [5.41, 5.74) is 0. The predicted molar refractivity (Wildman–Crippen MR) is 59.7 cm³/mol. The van der Waals surface area contributed by atoms with Gasteiger partial charge in [-0.2, -0.15) is 0 Å². The standard InChI is InChI=1S/C13H20/c1-2-4-6-8-10-12-13-11-9-7-5-3-1/h1-4,9,11H,5-8,10,12-13H2/b3-1+,4-2-,11-9-. The molecule has 0 bridgehead atoms. The van der Waals surface area contributed by atoms with Crippen molar-refractivity contribution < 1.29 is 0 Å². The quantitative estimate of drug-likeness (QED) is 0.480. The Morgan fingerprint density at radius 2 is 1.00 bits per heavy atom. The average molecular weight is 176 g/mol. The molecule has 1 aliphatic carbocycles. The van der Waals surface area contributed by atoms with Crippen LogP contribution in [0.25, 0.3) is 0 Å². The molecule has 0 unspecified atom stereocenters. The lowest BCUT2D eigenvalue weighted by Crippen LogP contribution is -1.74. The molecule has 0 saturated carbocycles. The van der Waals surface area contributed by atoms with Gasteiger partial charge in [0.05, 0.1) is 0 Å². The molecule has 0 heteroatoms. The van der Waals surface area contributed by atoms with Crippen LogP contribution in [0.1, 0.15) is 44.9 Å². The first-order valence-corrected chi connectivity index (χ1v) is 5.47. The number of rotatable bonds is 0. The summed E-state index contributed by atoms with van der Waals surface area (Å²) in [7, 11) is 0.